The maximum absolute atomic E-state index is 11.7. The van der Waals surface area contributed by atoms with Gasteiger partial charge in [-0.1, -0.05) is 62.1 Å². The molecule has 0 bridgehead atoms. The number of carbonyl (C=O) groups excluding carboxylic acids is 1. The molecule has 2 heteroatoms. The van der Waals surface area contributed by atoms with Crippen LogP contribution in [0.2, 0.25) is 0 Å². The molecular formula is C22H23NO. The number of carbonyl (C=O) groups is 1. The molecule has 2 aromatic rings. The van der Waals surface area contributed by atoms with Crippen LogP contribution in [-0.4, -0.2) is 5.91 Å². The van der Waals surface area contributed by atoms with Crippen molar-refractivity contribution in [2.45, 2.75) is 38.5 Å². The molecule has 0 saturated heterocycles. The Bertz CT molecular complexity index is 762. The van der Waals surface area contributed by atoms with Crippen molar-refractivity contribution in [2.24, 2.45) is 11.7 Å². The summed E-state index contributed by atoms with van der Waals surface area (Å²) in [5.41, 5.74) is 9.18. The third-order valence-electron chi connectivity index (χ3n) is 4.73. The van der Waals surface area contributed by atoms with E-state index in [4.69, 9.17) is 5.73 Å². The van der Waals surface area contributed by atoms with Crippen molar-refractivity contribution in [3.63, 3.8) is 0 Å². The Balaban J connectivity index is 1.85. The van der Waals surface area contributed by atoms with Gasteiger partial charge in [0.1, 0.15) is 0 Å². The van der Waals surface area contributed by atoms with Gasteiger partial charge in [0.15, 0.2) is 0 Å². The minimum Gasteiger partial charge on any atom is -0.366 e. The molecule has 0 aliphatic heterocycles. The Morgan fingerprint density at radius 1 is 0.958 bits per heavy atom. The molecule has 1 aliphatic rings. The third-order valence-corrected chi connectivity index (χ3v) is 4.73. The summed E-state index contributed by atoms with van der Waals surface area (Å²) in [6.07, 6.45) is 7.35. The Labute approximate surface area is 144 Å². The van der Waals surface area contributed by atoms with Crippen LogP contribution in [0.25, 0.3) is 0 Å². The zero-order chi connectivity index (χ0) is 16.8. The Morgan fingerprint density at radius 3 is 2.38 bits per heavy atom. The molecule has 0 heterocycles. The molecule has 0 atom stereocenters. The minimum absolute atomic E-state index is 0.344. The SMILES string of the molecule is NC(=O)c1ccc(C#Cc2ccccc2)cc1CC1CCCCC1. The predicted octanol–water partition coefficient (Wildman–Crippen LogP) is 4.31. The van der Waals surface area contributed by atoms with E-state index in [9.17, 15) is 4.79 Å². The van der Waals surface area contributed by atoms with Gasteiger partial charge >= 0.3 is 0 Å². The fourth-order valence-corrected chi connectivity index (χ4v) is 3.45. The van der Waals surface area contributed by atoms with Crippen molar-refractivity contribution in [1.82, 2.24) is 0 Å². The molecule has 1 aliphatic carbocycles. The topological polar surface area (TPSA) is 43.1 Å². The first-order valence-electron chi connectivity index (χ1n) is 8.72. The molecule has 2 nitrogen and oxygen atoms in total. The lowest BCUT2D eigenvalue weighted by Crippen LogP contribution is -2.17. The average molecular weight is 317 g/mol. The van der Waals surface area contributed by atoms with Crippen LogP contribution >= 0.6 is 0 Å². The first-order chi connectivity index (χ1) is 11.7. The van der Waals surface area contributed by atoms with E-state index >= 15 is 0 Å². The summed E-state index contributed by atoms with van der Waals surface area (Å²) in [5, 5.41) is 0. The van der Waals surface area contributed by atoms with Crippen molar-refractivity contribution < 1.29 is 4.79 Å². The van der Waals surface area contributed by atoms with Crippen molar-refractivity contribution in [3.8, 4) is 11.8 Å². The summed E-state index contributed by atoms with van der Waals surface area (Å²) in [4.78, 5) is 11.7. The molecule has 2 aromatic carbocycles. The highest BCUT2D eigenvalue weighted by Crippen LogP contribution is 2.28. The van der Waals surface area contributed by atoms with Gasteiger partial charge in [-0.3, -0.25) is 4.79 Å². The van der Waals surface area contributed by atoms with Gasteiger partial charge in [-0.2, -0.15) is 0 Å². The van der Waals surface area contributed by atoms with Crippen molar-refractivity contribution in [3.05, 3.63) is 70.8 Å². The largest absolute Gasteiger partial charge is 0.366 e. The Kier molecular flexibility index (Phi) is 5.33. The standard InChI is InChI=1S/C22H23NO/c23-22(24)21-14-13-19(12-11-17-7-3-1-4-8-17)16-20(21)15-18-9-5-2-6-10-18/h1,3-4,7-8,13-14,16,18H,2,5-6,9-10,15H2,(H2,23,24). The number of hydrogen-bond acceptors (Lipinski definition) is 1. The molecule has 1 amide bonds. The molecule has 0 aromatic heterocycles. The second-order valence-corrected chi connectivity index (χ2v) is 6.56. The Hall–Kier alpha value is -2.53. The highest BCUT2D eigenvalue weighted by Gasteiger charge is 2.17. The Morgan fingerprint density at radius 2 is 1.67 bits per heavy atom. The van der Waals surface area contributed by atoms with Crippen LogP contribution < -0.4 is 5.73 Å². The lowest BCUT2D eigenvalue weighted by atomic mass is 9.83. The van der Waals surface area contributed by atoms with Gasteiger partial charge < -0.3 is 5.73 Å². The van der Waals surface area contributed by atoms with Crippen LogP contribution in [-0.2, 0) is 6.42 Å². The smallest absolute Gasteiger partial charge is 0.248 e. The lowest BCUT2D eigenvalue weighted by molar-refractivity contribution is 0.0999. The van der Waals surface area contributed by atoms with E-state index in [1.54, 1.807) is 0 Å². The van der Waals surface area contributed by atoms with Gasteiger partial charge in [0.25, 0.3) is 0 Å². The van der Waals surface area contributed by atoms with Crippen LogP contribution in [0.4, 0.5) is 0 Å². The quantitative estimate of drug-likeness (QED) is 0.842. The normalized spacial score (nSPS) is 14.7. The summed E-state index contributed by atoms with van der Waals surface area (Å²) in [7, 11) is 0. The molecule has 0 spiro atoms. The van der Waals surface area contributed by atoms with E-state index in [0.29, 0.717) is 11.5 Å². The number of primary amides is 1. The molecular weight excluding hydrogens is 294 g/mol. The number of amides is 1. The van der Waals surface area contributed by atoms with Gasteiger partial charge in [-0.25, -0.2) is 0 Å². The van der Waals surface area contributed by atoms with Gasteiger partial charge in [-0.15, -0.1) is 0 Å². The highest BCUT2D eigenvalue weighted by atomic mass is 16.1. The summed E-state index contributed by atoms with van der Waals surface area (Å²) < 4.78 is 0. The second kappa shape index (κ2) is 7.84. The van der Waals surface area contributed by atoms with E-state index in [0.717, 1.165) is 23.1 Å². The van der Waals surface area contributed by atoms with Crippen molar-refractivity contribution >= 4 is 5.91 Å². The summed E-state index contributed by atoms with van der Waals surface area (Å²) in [6.45, 7) is 0. The van der Waals surface area contributed by atoms with Crippen LogP contribution in [0, 0.1) is 17.8 Å². The molecule has 2 N–H and O–H groups in total. The predicted molar refractivity (Wildman–Crippen MR) is 97.7 cm³/mol. The second-order valence-electron chi connectivity index (χ2n) is 6.56. The minimum atomic E-state index is -0.344. The first-order valence-corrected chi connectivity index (χ1v) is 8.72. The molecule has 0 radical (unpaired) electrons. The maximum atomic E-state index is 11.7. The van der Waals surface area contributed by atoms with Crippen LogP contribution in [0.15, 0.2) is 48.5 Å². The van der Waals surface area contributed by atoms with Gasteiger partial charge in [0.2, 0.25) is 5.91 Å². The number of benzene rings is 2. The highest BCUT2D eigenvalue weighted by molar-refractivity contribution is 5.94. The maximum Gasteiger partial charge on any atom is 0.248 e. The zero-order valence-corrected chi connectivity index (χ0v) is 13.9. The third kappa shape index (κ3) is 4.26. The van der Waals surface area contributed by atoms with Crippen LogP contribution in [0.1, 0.15) is 59.2 Å². The molecule has 0 unspecified atom stereocenters. The van der Waals surface area contributed by atoms with E-state index < -0.39 is 0 Å². The average Bonchev–Trinajstić information content (AvgIpc) is 2.62. The fourth-order valence-electron chi connectivity index (χ4n) is 3.45. The summed E-state index contributed by atoms with van der Waals surface area (Å²) >= 11 is 0. The molecule has 1 saturated carbocycles. The van der Waals surface area contributed by atoms with E-state index in [2.05, 4.69) is 11.8 Å². The van der Waals surface area contributed by atoms with E-state index in [-0.39, 0.29) is 5.91 Å². The monoisotopic (exact) mass is 317 g/mol. The first kappa shape index (κ1) is 16.3. The van der Waals surface area contributed by atoms with E-state index in [1.807, 2.05) is 48.5 Å². The van der Waals surface area contributed by atoms with Gasteiger partial charge in [0.05, 0.1) is 0 Å². The number of hydrogen-bond donors (Lipinski definition) is 1. The van der Waals surface area contributed by atoms with Gasteiger partial charge in [-0.05, 0) is 48.2 Å². The summed E-state index contributed by atoms with van der Waals surface area (Å²) in [5.74, 6) is 6.69. The summed E-state index contributed by atoms with van der Waals surface area (Å²) in [6, 6.07) is 15.7. The zero-order valence-electron chi connectivity index (χ0n) is 13.9. The number of nitrogens with two attached hydrogens (primary N) is 1. The molecule has 24 heavy (non-hydrogen) atoms. The van der Waals surface area contributed by atoms with Crippen LogP contribution in [0.5, 0.6) is 0 Å². The van der Waals surface area contributed by atoms with Crippen LogP contribution in [0.3, 0.4) is 0 Å². The van der Waals surface area contributed by atoms with Gasteiger partial charge in [0, 0.05) is 16.7 Å². The lowest BCUT2D eigenvalue weighted by Gasteiger charge is -2.22. The van der Waals surface area contributed by atoms with Crippen molar-refractivity contribution in [1.29, 1.82) is 0 Å². The fraction of sp³-hybridized carbons (Fsp3) is 0.318. The van der Waals surface area contributed by atoms with E-state index in [1.165, 1.54) is 32.1 Å². The van der Waals surface area contributed by atoms with Crippen molar-refractivity contribution in [2.75, 3.05) is 0 Å². The molecule has 1 fully saturated rings. The molecule has 3 rings (SSSR count). The number of rotatable bonds is 3. The molecule has 122 valence electrons.